The van der Waals surface area contributed by atoms with E-state index in [2.05, 4.69) is 15.6 Å². The van der Waals surface area contributed by atoms with E-state index in [1.54, 1.807) is 30.3 Å². The molecule has 0 spiro atoms. The Hall–Kier alpha value is -4.83. The number of nitrogens with one attached hydrogen (secondary N) is 2. The molecule has 55 heavy (non-hydrogen) atoms. The van der Waals surface area contributed by atoms with Crippen LogP contribution in [0, 0.1) is 5.92 Å². The molecule has 1 aliphatic heterocycles. The topological polar surface area (TPSA) is 241 Å². The number of nitrogens with zero attached hydrogens (tertiary/aromatic N) is 1. The van der Waals surface area contributed by atoms with Gasteiger partial charge in [-0.15, -0.1) is 0 Å². The second-order valence-corrected chi connectivity index (χ2v) is 15.4. The number of nitrogens with two attached hydrogens (primary N) is 2. The van der Waals surface area contributed by atoms with Gasteiger partial charge in [0.25, 0.3) is 0 Å². The highest BCUT2D eigenvalue weighted by atomic mass is 32.1. The highest BCUT2D eigenvalue weighted by Crippen LogP contribution is 2.55. The fourth-order valence-corrected chi connectivity index (χ4v) is 7.90. The Balaban J connectivity index is 1.16. The molecule has 1 heterocycles. The second-order valence-electron chi connectivity index (χ2n) is 13.1. The number of phenols is 1. The predicted molar refractivity (Wildman–Crippen MR) is 215 cm³/mol. The Kier molecular flexibility index (Phi) is 13.7. The lowest BCUT2D eigenvalue weighted by Gasteiger charge is -2.35. The zero-order valence-electron chi connectivity index (χ0n) is 30.7. The lowest BCUT2D eigenvalue weighted by atomic mass is 9.88. The molecular formula is C38H46N5O10PS. The number of phenolic OH excluding ortho intramolecular Hbond substituents is 1. The smallest absolute Gasteiger partial charge is 0.354 e. The van der Waals surface area contributed by atoms with E-state index in [4.69, 9.17) is 42.1 Å². The van der Waals surface area contributed by atoms with Gasteiger partial charge in [-0.3, -0.25) is 9.36 Å². The number of ether oxygens (including phenoxy) is 2. The van der Waals surface area contributed by atoms with Gasteiger partial charge in [-0.1, -0.05) is 26.8 Å². The van der Waals surface area contributed by atoms with Crippen molar-refractivity contribution in [3.63, 3.8) is 0 Å². The van der Waals surface area contributed by atoms with Crippen molar-refractivity contribution in [1.29, 1.82) is 0 Å². The molecule has 2 aromatic rings. The first-order valence-electron chi connectivity index (χ1n) is 17.8. The minimum atomic E-state index is -4.21. The highest BCUT2D eigenvalue weighted by Gasteiger charge is 2.38. The molecule has 0 amide bonds. The molecule has 0 radical (unpaired) electrons. The molecule has 0 saturated carbocycles. The number of hydrogen-bond donors (Lipinski definition) is 7. The summed E-state index contributed by atoms with van der Waals surface area (Å²) in [7, 11) is -4.21. The number of anilines is 1. The van der Waals surface area contributed by atoms with Gasteiger partial charge < -0.3 is 55.6 Å². The van der Waals surface area contributed by atoms with Crippen LogP contribution in [-0.4, -0.2) is 76.8 Å². The highest BCUT2D eigenvalue weighted by molar-refractivity contribution is 7.80. The van der Waals surface area contributed by atoms with Gasteiger partial charge in [0.1, 0.15) is 17.1 Å². The van der Waals surface area contributed by atoms with E-state index in [1.165, 1.54) is 30.3 Å². The van der Waals surface area contributed by atoms with Crippen molar-refractivity contribution in [2.24, 2.45) is 22.4 Å². The van der Waals surface area contributed by atoms with E-state index >= 15 is 0 Å². The quantitative estimate of drug-likeness (QED) is 0.0182. The predicted octanol–water partition coefficient (Wildman–Crippen LogP) is 5.61. The molecule has 15 nitrogen and oxygen atoms in total. The summed E-state index contributed by atoms with van der Waals surface area (Å²) in [5, 5.41) is 27.2. The van der Waals surface area contributed by atoms with E-state index in [0.29, 0.717) is 27.8 Å². The van der Waals surface area contributed by atoms with Crippen LogP contribution in [0.4, 0.5) is 5.69 Å². The summed E-state index contributed by atoms with van der Waals surface area (Å²) in [6.07, 6.45) is 2.89. The molecule has 2 aromatic carbocycles. The fourth-order valence-electron chi connectivity index (χ4n) is 6.44. The Morgan fingerprint density at radius 1 is 1.07 bits per heavy atom. The molecular weight excluding hydrogens is 749 g/mol. The van der Waals surface area contributed by atoms with Gasteiger partial charge in [0.2, 0.25) is 0 Å². The molecule has 17 heteroatoms. The number of aliphatic imine (C=N–C) groups is 1. The van der Waals surface area contributed by atoms with E-state index in [9.17, 15) is 29.3 Å². The molecule has 5 rings (SSSR count). The van der Waals surface area contributed by atoms with Gasteiger partial charge in [0.05, 0.1) is 43.6 Å². The molecule has 0 aromatic heterocycles. The molecule has 3 aliphatic rings. The van der Waals surface area contributed by atoms with E-state index in [-0.39, 0.29) is 89.3 Å². The third-order valence-electron chi connectivity index (χ3n) is 9.32. The summed E-state index contributed by atoms with van der Waals surface area (Å²) in [5.74, 6) is -1.23. The average Bonchev–Trinajstić information content (AvgIpc) is 3.13. The van der Waals surface area contributed by atoms with Crippen LogP contribution in [0.5, 0.6) is 5.75 Å². The fraction of sp³-hybridized carbons (Fsp3) is 0.368. The number of carboxylic acids is 1. The molecule has 0 saturated heterocycles. The number of guanidine groups is 1. The molecule has 1 unspecified atom stereocenters. The number of carboxylic acid groups (broad SMARTS) is 1. The largest absolute Gasteiger partial charge is 0.508 e. The summed E-state index contributed by atoms with van der Waals surface area (Å²) in [4.78, 5) is 39.8. The summed E-state index contributed by atoms with van der Waals surface area (Å²) in [6.45, 7) is 6.30. The van der Waals surface area contributed by atoms with Crippen molar-refractivity contribution in [3.05, 3.63) is 81.8 Å². The molecule has 0 fully saturated rings. The Morgan fingerprint density at radius 3 is 2.53 bits per heavy atom. The Bertz CT molecular complexity index is 2170. The van der Waals surface area contributed by atoms with E-state index in [1.807, 2.05) is 20.8 Å². The number of fused-ring (bicyclic) bond motifs is 2. The molecule has 4 atom stereocenters. The third kappa shape index (κ3) is 10.3. The summed E-state index contributed by atoms with van der Waals surface area (Å²) < 4.78 is 36.4. The number of hydrogen-bond acceptors (Lipinski definition) is 10. The van der Waals surface area contributed by atoms with Crippen molar-refractivity contribution >= 4 is 53.5 Å². The van der Waals surface area contributed by atoms with Gasteiger partial charge in [0, 0.05) is 58.5 Å². The van der Waals surface area contributed by atoms with Gasteiger partial charge in [-0.05, 0) is 73.1 Å². The van der Waals surface area contributed by atoms with Crippen LogP contribution in [0.3, 0.4) is 0 Å². The summed E-state index contributed by atoms with van der Waals surface area (Å²) in [5.41, 5.74) is 13.1. The first-order valence-corrected chi connectivity index (χ1v) is 19.8. The van der Waals surface area contributed by atoms with Crippen molar-refractivity contribution in [2.45, 2.75) is 58.3 Å². The standard InChI is InChI=1S/C38H46N5O10PS/c1-4-25(5-2)52-32-20-26(19-31(21(32)3)43-37(39)40)54(48,49)51-15-14-50-13-12-41-38(55)42-22-6-9-27(30(16-22)36(46)47)35-28-10-7-23(44)17-33(28)53-34-18-24(45)8-11-29(34)35/h6-11,16-18,20-21,25,31-32,44H,4-5,12-15,19H2,1-3H3,(H,46,47)(H,48,49)(H4,39,40,43)(H2,41,42,55)/t21-,31+,32-/m1/s1. The maximum atomic E-state index is 13.3. The first-order chi connectivity index (χ1) is 26.2. The Morgan fingerprint density at radius 2 is 1.82 bits per heavy atom. The normalized spacial score (nSPS) is 18.1. The maximum absolute atomic E-state index is 13.3. The molecule has 2 aliphatic carbocycles. The van der Waals surface area contributed by atoms with Crippen molar-refractivity contribution in [1.82, 2.24) is 5.32 Å². The zero-order chi connectivity index (χ0) is 39.9. The van der Waals surface area contributed by atoms with Crippen LogP contribution in [0.25, 0.3) is 33.4 Å². The van der Waals surface area contributed by atoms with E-state index in [0.717, 1.165) is 12.8 Å². The first kappa shape index (κ1) is 41.3. The van der Waals surface area contributed by atoms with Crippen LogP contribution in [0.15, 0.2) is 80.2 Å². The molecule has 9 N–H and O–H groups in total. The summed E-state index contributed by atoms with van der Waals surface area (Å²) >= 11 is 5.41. The number of aromatic hydroxyl groups is 1. The van der Waals surface area contributed by atoms with Gasteiger partial charge >= 0.3 is 13.6 Å². The molecule has 0 bridgehead atoms. The van der Waals surface area contributed by atoms with Crippen molar-refractivity contribution in [3.8, 4) is 28.2 Å². The maximum Gasteiger partial charge on any atom is 0.354 e. The van der Waals surface area contributed by atoms with Crippen LogP contribution in [0.2, 0.25) is 0 Å². The van der Waals surface area contributed by atoms with Crippen LogP contribution in [-0.2, 0) is 18.6 Å². The minimum absolute atomic E-state index is 0.0242. The number of thiocarbonyl (C=S) groups is 1. The van der Waals surface area contributed by atoms with Crippen LogP contribution in [0.1, 0.15) is 50.4 Å². The lowest BCUT2D eigenvalue weighted by Crippen LogP contribution is -2.38. The van der Waals surface area contributed by atoms with Crippen LogP contribution >= 0.6 is 19.8 Å². The van der Waals surface area contributed by atoms with Crippen LogP contribution < -0.4 is 27.5 Å². The van der Waals surface area contributed by atoms with Crippen molar-refractivity contribution in [2.75, 3.05) is 31.7 Å². The zero-order valence-corrected chi connectivity index (χ0v) is 32.4. The number of aromatic carboxylic acids is 1. The monoisotopic (exact) mass is 795 g/mol. The number of carbonyl (C=O) groups is 1. The van der Waals surface area contributed by atoms with Gasteiger partial charge in [-0.25, -0.2) is 9.79 Å². The van der Waals surface area contributed by atoms with Gasteiger partial charge in [-0.2, -0.15) is 0 Å². The molecule has 294 valence electrons. The average molecular weight is 796 g/mol. The number of benzene rings is 3. The van der Waals surface area contributed by atoms with Crippen molar-refractivity contribution < 1.29 is 42.9 Å². The lowest BCUT2D eigenvalue weighted by molar-refractivity contribution is -0.0243. The second kappa shape index (κ2) is 18.2. The van der Waals surface area contributed by atoms with Gasteiger partial charge in [0.15, 0.2) is 16.5 Å². The SMILES string of the molecule is CCC(CC)O[C@@H]1C=C(P(=O)(O)OCCOCCNC(=S)Nc2ccc(-c3c4ccc(=O)cc-4oc4cc(O)ccc34)c(C(=O)O)c2)C[C@H](N=C(N)N)[C@H]1C. The third-order valence-corrected chi connectivity index (χ3v) is 11.2. The summed E-state index contributed by atoms with van der Waals surface area (Å²) in [6, 6.07) is 13.1. The minimum Gasteiger partial charge on any atom is -0.508 e. The van der Waals surface area contributed by atoms with E-state index < -0.39 is 25.7 Å². The Labute approximate surface area is 323 Å². The number of rotatable bonds is 16.